The molecule has 22 heavy (non-hydrogen) atoms. The second kappa shape index (κ2) is 4.61. The zero-order valence-corrected chi connectivity index (χ0v) is 12.7. The van der Waals surface area contributed by atoms with Gasteiger partial charge in [-0.3, -0.25) is 4.79 Å². The van der Waals surface area contributed by atoms with Crippen molar-refractivity contribution >= 4 is 34.2 Å². The molecule has 1 saturated carbocycles. The molecule has 2 aromatic heterocycles. The Balaban J connectivity index is 1.70. The molecule has 0 spiro atoms. The van der Waals surface area contributed by atoms with Crippen LogP contribution in [-0.2, 0) is 10.2 Å². The van der Waals surface area contributed by atoms with Crippen LogP contribution >= 0.6 is 11.6 Å². The molecule has 5 nitrogen and oxygen atoms in total. The predicted molar refractivity (Wildman–Crippen MR) is 84.1 cm³/mol. The van der Waals surface area contributed by atoms with E-state index in [4.69, 9.17) is 16.1 Å². The van der Waals surface area contributed by atoms with Crippen molar-refractivity contribution in [1.82, 2.24) is 10.1 Å². The number of fused-ring (bicyclic) bond motifs is 1. The van der Waals surface area contributed by atoms with E-state index in [0.29, 0.717) is 16.6 Å². The molecule has 4 rings (SSSR count). The molecule has 0 aliphatic heterocycles. The fourth-order valence-corrected chi connectivity index (χ4v) is 3.07. The first-order chi connectivity index (χ1) is 10.6. The summed E-state index contributed by atoms with van der Waals surface area (Å²) in [5.41, 5.74) is 1.47. The number of rotatable bonds is 3. The van der Waals surface area contributed by atoms with Crippen molar-refractivity contribution in [2.45, 2.75) is 25.2 Å². The summed E-state index contributed by atoms with van der Waals surface area (Å²) in [7, 11) is 0. The van der Waals surface area contributed by atoms with Gasteiger partial charge >= 0.3 is 0 Å². The van der Waals surface area contributed by atoms with E-state index in [1.807, 2.05) is 24.4 Å². The quantitative estimate of drug-likeness (QED) is 0.772. The highest BCUT2D eigenvalue weighted by Crippen LogP contribution is 2.51. The van der Waals surface area contributed by atoms with Gasteiger partial charge in [-0.1, -0.05) is 16.8 Å². The number of aromatic amines is 1. The van der Waals surface area contributed by atoms with Crippen molar-refractivity contribution in [1.29, 1.82) is 0 Å². The van der Waals surface area contributed by atoms with Gasteiger partial charge in [0, 0.05) is 28.2 Å². The molecule has 2 N–H and O–H groups in total. The Morgan fingerprint density at radius 2 is 2.23 bits per heavy atom. The van der Waals surface area contributed by atoms with Gasteiger partial charge in [-0.15, -0.1) is 0 Å². The molecule has 1 fully saturated rings. The Morgan fingerprint density at radius 3 is 2.91 bits per heavy atom. The van der Waals surface area contributed by atoms with E-state index in [1.54, 1.807) is 13.0 Å². The topological polar surface area (TPSA) is 70.9 Å². The zero-order valence-electron chi connectivity index (χ0n) is 11.9. The number of halogens is 1. The number of aryl methyl sites for hydroxylation is 1. The third-order valence-electron chi connectivity index (χ3n) is 4.21. The van der Waals surface area contributed by atoms with Crippen LogP contribution in [0.2, 0.25) is 5.02 Å². The lowest BCUT2D eigenvalue weighted by atomic mass is 9.94. The Kier molecular flexibility index (Phi) is 2.81. The number of hydrogen-bond donors (Lipinski definition) is 2. The molecule has 0 radical (unpaired) electrons. The third kappa shape index (κ3) is 2.01. The summed E-state index contributed by atoms with van der Waals surface area (Å²) >= 11 is 6.09. The first-order valence-corrected chi connectivity index (χ1v) is 7.48. The number of benzene rings is 1. The summed E-state index contributed by atoms with van der Waals surface area (Å²) < 4.78 is 4.99. The lowest BCUT2D eigenvalue weighted by Crippen LogP contribution is -2.27. The molecule has 112 valence electrons. The van der Waals surface area contributed by atoms with E-state index in [-0.39, 0.29) is 5.91 Å². The number of hydrogen-bond acceptors (Lipinski definition) is 3. The number of anilines is 1. The average Bonchev–Trinajstić information content (AvgIpc) is 3.03. The Hall–Kier alpha value is -2.27. The van der Waals surface area contributed by atoms with Gasteiger partial charge in [-0.25, -0.2) is 0 Å². The molecule has 0 saturated heterocycles. The second-order valence-electron chi connectivity index (χ2n) is 5.75. The molecule has 1 amide bonds. The van der Waals surface area contributed by atoms with Crippen LogP contribution < -0.4 is 5.32 Å². The molecule has 1 aliphatic rings. The molecule has 3 aromatic rings. The average molecular weight is 316 g/mol. The van der Waals surface area contributed by atoms with Crippen molar-refractivity contribution < 1.29 is 9.32 Å². The fourth-order valence-electron chi connectivity index (χ4n) is 2.89. The van der Waals surface area contributed by atoms with E-state index in [1.165, 1.54) is 0 Å². The summed E-state index contributed by atoms with van der Waals surface area (Å²) in [6, 6.07) is 7.37. The first-order valence-electron chi connectivity index (χ1n) is 7.10. The lowest BCUT2D eigenvalue weighted by Gasteiger charge is -2.13. The minimum atomic E-state index is -0.504. The molecular formula is C16H14ClN3O2. The van der Waals surface area contributed by atoms with Gasteiger partial charge in [0.15, 0.2) is 5.82 Å². The Labute approximate surface area is 131 Å². The van der Waals surface area contributed by atoms with Crippen molar-refractivity contribution in [2.75, 3.05) is 5.32 Å². The van der Waals surface area contributed by atoms with E-state index in [2.05, 4.69) is 15.5 Å². The summed E-state index contributed by atoms with van der Waals surface area (Å²) in [6.07, 6.45) is 3.53. The monoisotopic (exact) mass is 315 g/mol. The van der Waals surface area contributed by atoms with Crippen molar-refractivity contribution in [2.24, 2.45) is 0 Å². The standard InChI is InChI=1S/C16H14ClN3O2/c1-9-6-14(20-22-9)19-15(21)16(4-5-16)12-8-18-13-3-2-10(17)7-11(12)13/h2-3,6-8,18H,4-5H2,1H3,(H,19,20,21). The molecule has 0 unspecified atom stereocenters. The molecule has 0 atom stereocenters. The molecular weight excluding hydrogens is 302 g/mol. The maximum absolute atomic E-state index is 12.7. The van der Waals surface area contributed by atoms with Gasteiger partial charge in [0.05, 0.1) is 5.41 Å². The van der Waals surface area contributed by atoms with Gasteiger partial charge in [-0.05, 0) is 43.5 Å². The van der Waals surface area contributed by atoms with Crippen LogP contribution in [0.25, 0.3) is 10.9 Å². The second-order valence-corrected chi connectivity index (χ2v) is 6.19. The number of nitrogens with zero attached hydrogens (tertiary/aromatic N) is 1. The SMILES string of the molecule is Cc1cc(NC(=O)C2(c3c[nH]c4ccc(Cl)cc34)CC2)no1. The number of carbonyl (C=O) groups excluding carboxylic acids is 1. The maximum atomic E-state index is 12.7. The van der Waals surface area contributed by atoms with Crippen molar-refractivity contribution in [3.05, 3.63) is 46.8 Å². The molecule has 0 bridgehead atoms. The highest BCUT2D eigenvalue weighted by atomic mass is 35.5. The fraction of sp³-hybridized carbons (Fsp3) is 0.250. The summed E-state index contributed by atoms with van der Waals surface area (Å²) in [4.78, 5) is 15.9. The predicted octanol–water partition coefficient (Wildman–Crippen LogP) is 3.79. The largest absolute Gasteiger partial charge is 0.361 e. The van der Waals surface area contributed by atoms with E-state index < -0.39 is 5.41 Å². The molecule has 6 heteroatoms. The van der Waals surface area contributed by atoms with Crippen LogP contribution in [0.5, 0.6) is 0 Å². The van der Waals surface area contributed by atoms with Crippen LogP contribution in [0.1, 0.15) is 24.2 Å². The van der Waals surface area contributed by atoms with Gasteiger partial charge < -0.3 is 14.8 Å². The molecule has 1 aliphatic carbocycles. The summed E-state index contributed by atoms with van der Waals surface area (Å²) in [5, 5.41) is 8.32. The number of carbonyl (C=O) groups is 1. The summed E-state index contributed by atoms with van der Waals surface area (Å²) in [5.74, 6) is 1.06. The third-order valence-corrected chi connectivity index (χ3v) is 4.45. The normalized spacial score (nSPS) is 15.9. The maximum Gasteiger partial charge on any atom is 0.236 e. The van der Waals surface area contributed by atoms with Crippen molar-refractivity contribution in [3.63, 3.8) is 0 Å². The highest BCUT2D eigenvalue weighted by molar-refractivity contribution is 6.31. The van der Waals surface area contributed by atoms with E-state index >= 15 is 0 Å². The number of aromatic nitrogens is 2. The van der Waals surface area contributed by atoms with E-state index in [0.717, 1.165) is 29.3 Å². The first kappa shape index (κ1) is 13.4. The van der Waals surface area contributed by atoms with Crippen LogP contribution in [-0.4, -0.2) is 16.0 Å². The van der Waals surface area contributed by atoms with Crippen LogP contribution in [0, 0.1) is 6.92 Å². The number of nitrogens with one attached hydrogen (secondary N) is 2. The summed E-state index contributed by atoms with van der Waals surface area (Å²) in [6.45, 7) is 1.79. The van der Waals surface area contributed by atoms with Crippen LogP contribution in [0.4, 0.5) is 5.82 Å². The number of amides is 1. The molecule has 2 heterocycles. The highest BCUT2D eigenvalue weighted by Gasteiger charge is 2.52. The molecule has 1 aromatic carbocycles. The Bertz CT molecular complexity index is 877. The van der Waals surface area contributed by atoms with Gasteiger partial charge in [0.1, 0.15) is 5.76 Å². The minimum absolute atomic E-state index is 0.0540. The van der Waals surface area contributed by atoms with Crippen molar-refractivity contribution in [3.8, 4) is 0 Å². The Morgan fingerprint density at radius 1 is 1.41 bits per heavy atom. The van der Waals surface area contributed by atoms with Gasteiger partial charge in [0.2, 0.25) is 5.91 Å². The van der Waals surface area contributed by atoms with Crippen LogP contribution in [0.15, 0.2) is 35.0 Å². The lowest BCUT2D eigenvalue weighted by molar-refractivity contribution is -0.118. The zero-order chi connectivity index (χ0) is 15.3. The minimum Gasteiger partial charge on any atom is -0.361 e. The van der Waals surface area contributed by atoms with Gasteiger partial charge in [-0.2, -0.15) is 0 Å². The smallest absolute Gasteiger partial charge is 0.236 e. The van der Waals surface area contributed by atoms with Gasteiger partial charge in [0.25, 0.3) is 0 Å². The van der Waals surface area contributed by atoms with Crippen LogP contribution in [0.3, 0.4) is 0 Å². The number of H-pyrrole nitrogens is 1. The van der Waals surface area contributed by atoms with E-state index in [9.17, 15) is 4.79 Å².